The van der Waals surface area contributed by atoms with Crippen LogP contribution in [0.4, 0.5) is 0 Å². The van der Waals surface area contributed by atoms with E-state index >= 15 is 0 Å². The minimum Gasteiger partial charge on any atom is -0.481 e. The number of para-hydroxylation sites is 1. The summed E-state index contributed by atoms with van der Waals surface area (Å²) >= 11 is 0. The van der Waals surface area contributed by atoms with Crippen LogP contribution in [0.15, 0.2) is 54.6 Å². The molecule has 0 unspecified atom stereocenters. The number of ether oxygens (including phenoxy) is 1. The molecule has 1 amide bonds. The summed E-state index contributed by atoms with van der Waals surface area (Å²) in [6, 6.07) is 17.5. The molecule has 2 aromatic carbocycles. The number of rotatable bonds is 5. The van der Waals surface area contributed by atoms with E-state index in [-0.39, 0.29) is 11.9 Å². The Morgan fingerprint density at radius 2 is 1.62 bits per heavy atom. The lowest BCUT2D eigenvalue weighted by Gasteiger charge is -2.19. The molecule has 0 aliphatic carbocycles. The van der Waals surface area contributed by atoms with E-state index in [4.69, 9.17) is 4.74 Å². The number of benzene rings is 2. The summed E-state index contributed by atoms with van der Waals surface area (Å²) in [6.45, 7) is 5.77. The second-order valence-corrected chi connectivity index (χ2v) is 5.21. The lowest BCUT2D eigenvalue weighted by Crippen LogP contribution is -2.37. The second kappa shape index (κ2) is 6.93. The van der Waals surface area contributed by atoms with Gasteiger partial charge in [0.25, 0.3) is 5.91 Å². The van der Waals surface area contributed by atoms with E-state index in [1.165, 1.54) is 5.56 Å². The number of hydrogen-bond donors (Lipinski definition) is 1. The van der Waals surface area contributed by atoms with E-state index in [0.717, 1.165) is 5.56 Å². The molecule has 0 fully saturated rings. The first-order valence-corrected chi connectivity index (χ1v) is 7.15. The number of carbonyl (C=O) groups excluding carboxylic acids is 1. The first kappa shape index (κ1) is 15.1. The van der Waals surface area contributed by atoms with Gasteiger partial charge in [-0.25, -0.2) is 0 Å². The zero-order chi connectivity index (χ0) is 15.2. The summed E-state index contributed by atoms with van der Waals surface area (Å²) in [5.41, 5.74) is 2.29. The maximum absolute atomic E-state index is 12.2. The van der Waals surface area contributed by atoms with Crippen LogP contribution in [0.2, 0.25) is 0 Å². The summed E-state index contributed by atoms with van der Waals surface area (Å²) in [7, 11) is 0. The third-order valence-corrected chi connectivity index (χ3v) is 3.36. The van der Waals surface area contributed by atoms with Gasteiger partial charge >= 0.3 is 0 Å². The zero-order valence-electron chi connectivity index (χ0n) is 12.7. The quantitative estimate of drug-likeness (QED) is 0.909. The van der Waals surface area contributed by atoms with Crippen molar-refractivity contribution in [2.45, 2.75) is 32.9 Å². The number of aryl methyl sites for hydroxylation is 1. The van der Waals surface area contributed by atoms with Crippen LogP contribution >= 0.6 is 0 Å². The number of nitrogens with one attached hydrogen (secondary N) is 1. The van der Waals surface area contributed by atoms with Crippen LogP contribution in [-0.2, 0) is 4.79 Å². The van der Waals surface area contributed by atoms with Gasteiger partial charge < -0.3 is 10.1 Å². The average Bonchev–Trinajstić information content (AvgIpc) is 2.48. The van der Waals surface area contributed by atoms with Gasteiger partial charge in [-0.1, -0.05) is 48.0 Å². The van der Waals surface area contributed by atoms with E-state index in [1.54, 1.807) is 6.92 Å². The molecule has 0 saturated carbocycles. The molecule has 0 aromatic heterocycles. The molecule has 0 radical (unpaired) electrons. The van der Waals surface area contributed by atoms with Gasteiger partial charge in [-0.05, 0) is 38.5 Å². The summed E-state index contributed by atoms with van der Waals surface area (Å²) in [5, 5.41) is 2.97. The molecule has 2 rings (SSSR count). The van der Waals surface area contributed by atoms with Gasteiger partial charge in [0.2, 0.25) is 0 Å². The largest absolute Gasteiger partial charge is 0.481 e. The Bertz CT molecular complexity index is 578. The summed E-state index contributed by atoms with van der Waals surface area (Å²) in [6.07, 6.45) is -0.528. The van der Waals surface area contributed by atoms with Crippen LogP contribution in [0.1, 0.15) is 31.0 Å². The van der Waals surface area contributed by atoms with Crippen LogP contribution < -0.4 is 10.1 Å². The SMILES string of the molecule is Cc1ccc([C@H](C)NC(=O)[C@H](C)Oc2ccccc2)cc1. The lowest BCUT2D eigenvalue weighted by atomic mass is 10.1. The minimum atomic E-state index is -0.528. The van der Waals surface area contributed by atoms with Crippen LogP contribution in [0.5, 0.6) is 5.75 Å². The third kappa shape index (κ3) is 4.35. The van der Waals surface area contributed by atoms with Crippen LogP contribution in [0, 0.1) is 6.92 Å². The Hall–Kier alpha value is -2.29. The molecule has 0 heterocycles. The maximum atomic E-state index is 12.2. The van der Waals surface area contributed by atoms with Gasteiger partial charge in [-0.15, -0.1) is 0 Å². The number of hydrogen-bond acceptors (Lipinski definition) is 2. The smallest absolute Gasteiger partial charge is 0.261 e. The van der Waals surface area contributed by atoms with Gasteiger partial charge in [-0.3, -0.25) is 4.79 Å². The maximum Gasteiger partial charge on any atom is 0.261 e. The molecular formula is C18H21NO2. The molecule has 2 atom stereocenters. The standard InChI is InChI=1S/C18H21NO2/c1-13-9-11-16(12-10-13)14(2)19-18(20)15(3)21-17-7-5-4-6-8-17/h4-12,14-15H,1-3H3,(H,19,20)/t14-,15-/m0/s1. The highest BCUT2D eigenvalue weighted by Crippen LogP contribution is 2.15. The highest BCUT2D eigenvalue weighted by atomic mass is 16.5. The van der Waals surface area contributed by atoms with Gasteiger partial charge in [0.15, 0.2) is 6.10 Å². The van der Waals surface area contributed by atoms with Crippen molar-refractivity contribution in [1.29, 1.82) is 0 Å². The van der Waals surface area contributed by atoms with E-state index in [9.17, 15) is 4.79 Å². The number of carbonyl (C=O) groups is 1. The van der Waals surface area contributed by atoms with Crippen molar-refractivity contribution in [3.8, 4) is 5.75 Å². The fraction of sp³-hybridized carbons (Fsp3) is 0.278. The van der Waals surface area contributed by atoms with Gasteiger partial charge in [0, 0.05) is 0 Å². The van der Waals surface area contributed by atoms with E-state index in [1.807, 2.05) is 68.4 Å². The Kier molecular flexibility index (Phi) is 4.99. The molecule has 0 aliphatic heterocycles. The summed E-state index contributed by atoms with van der Waals surface area (Å²) in [5.74, 6) is 0.579. The van der Waals surface area contributed by atoms with Crippen molar-refractivity contribution in [3.63, 3.8) is 0 Å². The van der Waals surface area contributed by atoms with Crippen molar-refractivity contribution >= 4 is 5.91 Å². The Morgan fingerprint density at radius 1 is 1.00 bits per heavy atom. The molecule has 110 valence electrons. The fourth-order valence-corrected chi connectivity index (χ4v) is 2.03. The predicted octanol–water partition coefficient (Wildman–Crippen LogP) is 3.64. The topological polar surface area (TPSA) is 38.3 Å². The molecular weight excluding hydrogens is 262 g/mol. The molecule has 1 N–H and O–H groups in total. The Morgan fingerprint density at radius 3 is 2.24 bits per heavy atom. The first-order chi connectivity index (χ1) is 10.1. The molecule has 0 saturated heterocycles. The highest BCUT2D eigenvalue weighted by molar-refractivity contribution is 5.81. The van der Waals surface area contributed by atoms with Crippen molar-refractivity contribution < 1.29 is 9.53 Å². The van der Waals surface area contributed by atoms with Crippen LogP contribution in [-0.4, -0.2) is 12.0 Å². The van der Waals surface area contributed by atoms with Crippen LogP contribution in [0.3, 0.4) is 0 Å². The lowest BCUT2D eigenvalue weighted by molar-refractivity contribution is -0.127. The first-order valence-electron chi connectivity index (χ1n) is 7.15. The Labute approximate surface area is 126 Å². The summed E-state index contributed by atoms with van der Waals surface area (Å²) < 4.78 is 5.62. The fourth-order valence-electron chi connectivity index (χ4n) is 2.03. The highest BCUT2D eigenvalue weighted by Gasteiger charge is 2.17. The van der Waals surface area contributed by atoms with Gasteiger partial charge in [0.1, 0.15) is 5.75 Å². The van der Waals surface area contributed by atoms with E-state index in [0.29, 0.717) is 5.75 Å². The average molecular weight is 283 g/mol. The molecule has 3 nitrogen and oxygen atoms in total. The van der Waals surface area contributed by atoms with Crippen molar-refractivity contribution in [1.82, 2.24) is 5.32 Å². The number of amides is 1. The predicted molar refractivity (Wildman–Crippen MR) is 84.3 cm³/mol. The normalized spacial score (nSPS) is 13.3. The Balaban J connectivity index is 1.92. The third-order valence-electron chi connectivity index (χ3n) is 3.36. The molecule has 0 spiro atoms. The van der Waals surface area contributed by atoms with Crippen molar-refractivity contribution in [2.75, 3.05) is 0 Å². The molecule has 21 heavy (non-hydrogen) atoms. The summed E-state index contributed by atoms with van der Waals surface area (Å²) in [4.78, 5) is 12.2. The van der Waals surface area contributed by atoms with Crippen molar-refractivity contribution in [3.05, 3.63) is 65.7 Å². The van der Waals surface area contributed by atoms with Gasteiger partial charge in [0.05, 0.1) is 6.04 Å². The second-order valence-electron chi connectivity index (χ2n) is 5.21. The molecule has 3 heteroatoms. The molecule has 0 aliphatic rings. The zero-order valence-corrected chi connectivity index (χ0v) is 12.7. The van der Waals surface area contributed by atoms with E-state index < -0.39 is 6.10 Å². The minimum absolute atomic E-state index is 0.0417. The molecule has 2 aromatic rings. The van der Waals surface area contributed by atoms with Crippen molar-refractivity contribution in [2.24, 2.45) is 0 Å². The monoisotopic (exact) mass is 283 g/mol. The van der Waals surface area contributed by atoms with Crippen LogP contribution in [0.25, 0.3) is 0 Å². The molecule has 0 bridgehead atoms. The van der Waals surface area contributed by atoms with Gasteiger partial charge in [-0.2, -0.15) is 0 Å². The van der Waals surface area contributed by atoms with E-state index in [2.05, 4.69) is 5.32 Å².